The number of hydrogen-bond donors (Lipinski definition) is 1. The van der Waals surface area contributed by atoms with Crippen molar-refractivity contribution in [3.63, 3.8) is 0 Å². The Kier molecular flexibility index (Phi) is 4.29. The number of H-pyrrole nitrogens is 1. The number of piperidine rings is 1. The molecule has 0 spiro atoms. The molecule has 2 aliphatic heterocycles. The molecule has 2 saturated heterocycles. The van der Waals surface area contributed by atoms with Crippen LogP contribution in [-0.2, 0) is 6.42 Å². The Morgan fingerprint density at radius 1 is 1.06 bits per heavy atom. The fraction of sp³-hybridized carbons (Fsp3) is 0.444. The maximum atomic E-state index is 14.1. The number of nitrogens with one attached hydrogen (secondary N) is 1. The average Bonchev–Trinajstić information content (AvgIpc) is 3.33. The molecule has 3 fully saturated rings. The maximum absolute atomic E-state index is 14.1. The van der Waals surface area contributed by atoms with Gasteiger partial charge in [0, 0.05) is 34.4 Å². The molecule has 1 aromatic heterocycles. The third-order valence-corrected chi connectivity index (χ3v) is 8.56. The first-order valence-electron chi connectivity index (χ1n) is 11.7. The van der Waals surface area contributed by atoms with E-state index in [1.54, 1.807) is 0 Å². The van der Waals surface area contributed by atoms with Gasteiger partial charge < -0.3 is 9.88 Å². The van der Waals surface area contributed by atoms with E-state index < -0.39 is 0 Å². The number of carbonyl (C=O) groups is 1. The number of likely N-dealkylation sites (tertiary alicyclic amines) is 2. The number of aromatic nitrogens is 1. The van der Waals surface area contributed by atoms with Crippen molar-refractivity contribution in [1.29, 1.82) is 0 Å². The van der Waals surface area contributed by atoms with E-state index in [4.69, 9.17) is 0 Å². The summed E-state index contributed by atoms with van der Waals surface area (Å²) < 4.78 is 0. The van der Waals surface area contributed by atoms with Crippen LogP contribution in [-0.4, -0.2) is 51.9 Å². The number of fused-ring (bicyclic) bond motifs is 2. The second kappa shape index (κ2) is 6.96. The summed E-state index contributed by atoms with van der Waals surface area (Å²) in [6.07, 6.45) is 5.70. The van der Waals surface area contributed by atoms with Gasteiger partial charge in [-0.05, 0) is 56.8 Å². The lowest BCUT2D eigenvalue weighted by atomic mass is 9.64. The molecule has 160 valence electrons. The summed E-state index contributed by atoms with van der Waals surface area (Å²) in [5.41, 5.74) is 3.27. The minimum atomic E-state index is 0.175. The van der Waals surface area contributed by atoms with E-state index in [-0.39, 0.29) is 17.4 Å². The van der Waals surface area contributed by atoms with E-state index in [0.717, 1.165) is 29.4 Å². The summed E-state index contributed by atoms with van der Waals surface area (Å²) in [5.74, 6) is 0.175. The van der Waals surface area contributed by atoms with Crippen molar-refractivity contribution < 1.29 is 4.79 Å². The standard InChI is InChI=1S/C27H31N3O/c1-27-17-23-22(15-18-9-4-3-5-10-18)30(25(27)14-8-13-24(27)29(23)2)26(31)21-16-19-11-6-7-12-20(19)28-21/h3-7,9-12,16,22-25,28H,8,13-15,17H2,1-2H3/t22-,23-,24-,25+,27-/m0/s1. The molecule has 1 saturated carbocycles. The summed E-state index contributed by atoms with van der Waals surface area (Å²) in [4.78, 5) is 22.5. The van der Waals surface area contributed by atoms with Crippen LogP contribution in [0.3, 0.4) is 0 Å². The minimum Gasteiger partial charge on any atom is -0.351 e. The zero-order valence-corrected chi connectivity index (χ0v) is 18.4. The highest BCUT2D eigenvalue weighted by Crippen LogP contribution is 2.56. The Morgan fingerprint density at radius 2 is 1.81 bits per heavy atom. The van der Waals surface area contributed by atoms with Crippen molar-refractivity contribution in [2.75, 3.05) is 7.05 Å². The lowest BCUT2D eigenvalue weighted by Crippen LogP contribution is -2.62. The first-order valence-corrected chi connectivity index (χ1v) is 11.7. The van der Waals surface area contributed by atoms with E-state index in [1.165, 1.54) is 24.8 Å². The predicted octanol–water partition coefficient (Wildman–Crippen LogP) is 4.87. The SMILES string of the molecule is CN1[C@H]2CCC[C@H]3N(C(=O)c4cc5ccccc5[nH]4)[C@@H](Cc4ccccc4)[C@@H]1C[C@@]23C. The molecule has 3 aliphatic rings. The topological polar surface area (TPSA) is 39.3 Å². The Bertz CT molecular complexity index is 1090. The van der Waals surface area contributed by atoms with Gasteiger partial charge in [0.2, 0.25) is 0 Å². The summed E-state index contributed by atoms with van der Waals surface area (Å²) in [7, 11) is 2.30. The second-order valence-corrected chi connectivity index (χ2v) is 10.1. The van der Waals surface area contributed by atoms with Gasteiger partial charge in [-0.2, -0.15) is 0 Å². The Morgan fingerprint density at radius 3 is 2.61 bits per heavy atom. The van der Waals surface area contributed by atoms with Crippen molar-refractivity contribution in [3.8, 4) is 0 Å². The fourth-order valence-corrected chi connectivity index (χ4v) is 7.14. The largest absolute Gasteiger partial charge is 0.351 e. The number of amides is 1. The number of carbonyl (C=O) groups excluding carboxylic acids is 1. The van der Waals surface area contributed by atoms with Gasteiger partial charge in [0.25, 0.3) is 5.91 Å². The Hall–Kier alpha value is -2.59. The van der Waals surface area contributed by atoms with Crippen LogP contribution in [0.15, 0.2) is 60.7 Å². The Balaban J connectivity index is 1.45. The molecule has 4 nitrogen and oxygen atoms in total. The van der Waals surface area contributed by atoms with Crippen molar-refractivity contribution in [2.24, 2.45) is 5.41 Å². The van der Waals surface area contributed by atoms with Crippen molar-refractivity contribution in [1.82, 2.24) is 14.8 Å². The van der Waals surface area contributed by atoms with Crippen LogP contribution in [0.5, 0.6) is 0 Å². The number of likely N-dealkylation sites (N-methyl/N-ethyl adjacent to an activating group) is 1. The molecule has 3 aromatic rings. The third-order valence-electron chi connectivity index (χ3n) is 8.56. The van der Waals surface area contributed by atoms with E-state index in [1.807, 2.05) is 18.2 Å². The number of para-hydroxylation sites is 1. The maximum Gasteiger partial charge on any atom is 0.270 e. The van der Waals surface area contributed by atoms with Crippen LogP contribution < -0.4 is 0 Å². The molecular formula is C27H31N3O. The molecule has 31 heavy (non-hydrogen) atoms. The van der Waals surface area contributed by atoms with Crippen LogP contribution in [0.4, 0.5) is 0 Å². The van der Waals surface area contributed by atoms with Crippen LogP contribution >= 0.6 is 0 Å². The highest BCUT2D eigenvalue weighted by atomic mass is 16.2. The lowest BCUT2D eigenvalue weighted by Gasteiger charge is -2.53. The van der Waals surface area contributed by atoms with Crippen LogP contribution in [0.25, 0.3) is 10.9 Å². The summed E-state index contributed by atoms with van der Waals surface area (Å²) in [6, 6.07) is 22.4. The van der Waals surface area contributed by atoms with Gasteiger partial charge in [0.1, 0.15) is 5.69 Å². The van der Waals surface area contributed by atoms with E-state index >= 15 is 0 Å². The van der Waals surface area contributed by atoms with E-state index in [0.29, 0.717) is 18.1 Å². The van der Waals surface area contributed by atoms with Crippen LogP contribution in [0.1, 0.15) is 48.7 Å². The van der Waals surface area contributed by atoms with Gasteiger partial charge in [-0.3, -0.25) is 9.69 Å². The summed E-state index contributed by atoms with van der Waals surface area (Å²) >= 11 is 0. The lowest BCUT2D eigenvalue weighted by molar-refractivity contribution is -0.0114. The average molecular weight is 414 g/mol. The van der Waals surface area contributed by atoms with Crippen LogP contribution in [0, 0.1) is 5.41 Å². The number of nitrogens with zero attached hydrogens (tertiary/aromatic N) is 2. The number of hydrogen-bond acceptors (Lipinski definition) is 2. The Labute approximate surface area is 184 Å². The summed E-state index contributed by atoms with van der Waals surface area (Å²) in [5, 5.41) is 1.11. The molecule has 6 rings (SSSR count). The van der Waals surface area contributed by atoms with Crippen molar-refractivity contribution in [3.05, 3.63) is 71.9 Å². The molecule has 0 unspecified atom stereocenters. The summed E-state index contributed by atoms with van der Waals surface area (Å²) in [6.45, 7) is 2.45. The third kappa shape index (κ3) is 2.81. The van der Waals surface area contributed by atoms with Crippen molar-refractivity contribution in [2.45, 2.75) is 63.2 Å². The second-order valence-electron chi connectivity index (χ2n) is 10.1. The minimum absolute atomic E-state index is 0.175. The molecule has 2 bridgehead atoms. The molecule has 1 N–H and O–H groups in total. The molecular weight excluding hydrogens is 382 g/mol. The quantitative estimate of drug-likeness (QED) is 0.666. The van der Waals surface area contributed by atoms with E-state index in [2.05, 4.69) is 71.2 Å². The zero-order valence-electron chi connectivity index (χ0n) is 18.4. The molecule has 0 radical (unpaired) electrons. The van der Waals surface area contributed by atoms with Gasteiger partial charge in [-0.1, -0.05) is 55.5 Å². The van der Waals surface area contributed by atoms with Gasteiger partial charge >= 0.3 is 0 Å². The number of benzene rings is 2. The zero-order chi connectivity index (χ0) is 21.2. The van der Waals surface area contributed by atoms with Crippen molar-refractivity contribution >= 4 is 16.8 Å². The number of rotatable bonds is 3. The molecule has 1 aliphatic carbocycles. The molecule has 4 heteroatoms. The number of aromatic amines is 1. The predicted molar refractivity (Wildman–Crippen MR) is 124 cm³/mol. The molecule has 1 amide bonds. The molecule has 5 atom stereocenters. The van der Waals surface area contributed by atoms with Crippen LogP contribution in [0.2, 0.25) is 0 Å². The highest BCUT2D eigenvalue weighted by molar-refractivity contribution is 5.98. The van der Waals surface area contributed by atoms with Gasteiger partial charge in [0.05, 0.1) is 6.04 Å². The molecule has 3 heterocycles. The smallest absolute Gasteiger partial charge is 0.270 e. The first-order chi connectivity index (χ1) is 15.1. The fourth-order valence-electron chi connectivity index (χ4n) is 7.14. The molecule has 2 aromatic carbocycles. The monoisotopic (exact) mass is 413 g/mol. The van der Waals surface area contributed by atoms with E-state index in [9.17, 15) is 4.79 Å². The van der Waals surface area contributed by atoms with Gasteiger partial charge in [-0.15, -0.1) is 0 Å². The normalized spacial score (nSPS) is 32.5. The van der Waals surface area contributed by atoms with Gasteiger partial charge in [-0.25, -0.2) is 0 Å². The highest BCUT2D eigenvalue weighted by Gasteiger charge is 2.62. The van der Waals surface area contributed by atoms with Gasteiger partial charge in [0.15, 0.2) is 0 Å². The first kappa shape index (κ1) is 19.1.